The number of aliphatic hydroxyl groups is 1. The molecule has 1 aromatic heterocycles. The van der Waals surface area contributed by atoms with Gasteiger partial charge < -0.3 is 34.9 Å². The number of hydrogen-bond acceptors (Lipinski definition) is 7. The number of aryl methyl sites for hydroxylation is 1. The van der Waals surface area contributed by atoms with Gasteiger partial charge in [0.25, 0.3) is 0 Å². The van der Waals surface area contributed by atoms with Crippen molar-refractivity contribution in [3.05, 3.63) is 35.6 Å². The van der Waals surface area contributed by atoms with Gasteiger partial charge in [-0.05, 0) is 68.5 Å². The van der Waals surface area contributed by atoms with Gasteiger partial charge in [0.1, 0.15) is 18.2 Å². The molecule has 36 heavy (non-hydrogen) atoms. The lowest BCUT2D eigenvalue weighted by Gasteiger charge is -2.35. The molecule has 2 fully saturated rings. The molecule has 2 saturated heterocycles. The summed E-state index contributed by atoms with van der Waals surface area (Å²) in [4.78, 5) is 19.4. The average Bonchev–Trinajstić information content (AvgIpc) is 2.84. The molecule has 2 aliphatic rings. The number of carbonyl (C=O) groups excluding carboxylic acids is 1. The van der Waals surface area contributed by atoms with Crippen molar-refractivity contribution < 1.29 is 28.5 Å². The number of halogens is 1. The van der Waals surface area contributed by atoms with Crippen molar-refractivity contribution in [3.8, 4) is 17.0 Å². The number of nitrogens with zero attached hydrogens (tertiary/aromatic N) is 2. The highest BCUT2D eigenvalue weighted by Gasteiger charge is 2.30. The Kier molecular flexibility index (Phi) is 8.28. The Bertz CT molecular complexity index is 1070. The fourth-order valence-electron chi connectivity index (χ4n) is 4.60. The van der Waals surface area contributed by atoms with Gasteiger partial charge in [-0.25, -0.2) is 9.18 Å². The second-order valence-electron chi connectivity index (χ2n) is 9.77. The van der Waals surface area contributed by atoms with E-state index in [2.05, 4.69) is 20.5 Å². The average molecular weight is 503 g/mol. The Morgan fingerprint density at radius 3 is 2.75 bits per heavy atom. The Hall–Kier alpha value is -2.95. The van der Waals surface area contributed by atoms with Crippen molar-refractivity contribution in [1.82, 2.24) is 10.3 Å². The van der Waals surface area contributed by atoms with E-state index in [1.165, 1.54) is 6.07 Å². The van der Waals surface area contributed by atoms with E-state index in [-0.39, 0.29) is 30.5 Å². The van der Waals surface area contributed by atoms with Crippen LogP contribution in [0.4, 0.5) is 20.7 Å². The number of amides is 2. The predicted octanol–water partition coefficient (Wildman–Crippen LogP) is 3.48. The van der Waals surface area contributed by atoms with Gasteiger partial charge in [-0.2, -0.15) is 4.98 Å². The molecule has 1 aromatic carbocycles. The second kappa shape index (κ2) is 11.4. The number of benzene rings is 1. The predicted molar refractivity (Wildman–Crippen MR) is 135 cm³/mol. The number of carbonyl (C=O) groups is 1. The van der Waals surface area contributed by atoms with E-state index in [1.807, 2.05) is 26.8 Å². The third-order valence-corrected chi connectivity index (χ3v) is 6.37. The molecular formula is C26H35FN4O5. The van der Waals surface area contributed by atoms with E-state index in [1.54, 1.807) is 12.1 Å². The van der Waals surface area contributed by atoms with Gasteiger partial charge in [-0.15, -0.1) is 0 Å². The summed E-state index contributed by atoms with van der Waals surface area (Å²) in [5.74, 6) is 0.556. The van der Waals surface area contributed by atoms with Crippen molar-refractivity contribution in [1.29, 1.82) is 0 Å². The fourth-order valence-corrected chi connectivity index (χ4v) is 4.60. The lowest BCUT2D eigenvalue weighted by Crippen LogP contribution is -2.47. The van der Waals surface area contributed by atoms with Gasteiger partial charge in [0.05, 0.1) is 31.1 Å². The minimum atomic E-state index is -0.516. The minimum absolute atomic E-state index is 0.0516. The molecule has 0 bridgehead atoms. The lowest BCUT2D eigenvalue weighted by molar-refractivity contribution is -0.0609. The van der Waals surface area contributed by atoms with Crippen LogP contribution in [-0.2, 0) is 9.47 Å². The fraction of sp³-hybridized carbons (Fsp3) is 0.538. The molecule has 1 atom stereocenters. The summed E-state index contributed by atoms with van der Waals surface area (Å²) in [6.45, 7) is 8.90. The zero-order valence-corrected chi connectivity index (χ0v) is 21.1. The molecule has 196 valence electrons. The van der Waals surface area contributed by atoms with Crippen LogP contribution >= 0.6 is 0 Å². The highest BCUT2D eigenvalue weighted by atomic mass is 19.1. The van der Waals surface area contributed by atoms with Crippen LogP contribution in [0.5, 0.6) is 5.88 Å². The number of pyridine rings is 1. The van der Waals surface area contributed by atoms with Crippen LogP contribution in [0.3, 0.4) is 0 Å². The number of anilines is 2. The molecule has 10 heteroatoms. The Morgan fingerprint density at radius 1 is 1.25 bits per heavy atom. The molecule has 4 rings (SSSR count). The van der Waals surface area contributed by atoms with Gasteiger partial charge in [-0.3, -0.25) is 0 Å². The third kappa shape index (κ3) is 6.63. The number of aromatic nitrogens is 1. The molecule has 2 aliphatic heterocycles. The maximum Gasteiger partial charge on any atom is 0.319 e. The summed E-state index contributed by atoms with van der Waals surface area (Å²) < 4.78 is 31.7. The number of urea groups is 1. The molecule has 0 spiro atoms. The number of morpholine rings is 1. The van der Waals surface area contributed by atoms with E-state index >= 15 is 0 Å². The standard InChI is InChI=1S/C26H35FN4O5/c1-17-12-21(27)22(29-25(33)28-19-4-8-36-26(2,3)16-19)15-20(17)18-13-23(31-5-9-34-10-6-31)30-24(14-18)35-11-7-32/h12-15,19,32H,4-11,16H2,1-3H3,(H2,28,29,33). The Morgan fingerprint density at radius 2 is 2.03 bits per heavy atom. The van der Waals surface area contributed by atoms with Crippen LogP contribution in [0.2, 0.25) is 0 Å². The van der Waals surface area contributed by atoms with Gasteiger partial charge >= 0.3 is 6.03 Å². The van der Waals surface area contributed by atoms with Crippen LogP contribution < -0.4 is 20.3 Å². The number of nitrogens with one attached hydrogen (secondary N) is 2. The first kappa shape index (κ1) is 26.1. The summed E-state index contributed by atoms with van der Waals surface area (Å²) in [5.41, 5.74) is 1.99. The first-order chi connectivity index (χ1) is 17.2. The van der Waals surface area contributed by atoms with Crippen molar-refractivity contribution >= 4 is 17.5 Å². The zero-order valence-electron chi connectivity index (χ0n) is 21.1. The maximum atomic E-state index is 14.9. The number of ether oxygens (including phenoxy) is 3. The molecule has 0 radical (unpaired) electrons. The molecule has 0 aliphatic carbocycles. The van der Waals surface area contributed by atoms with E-state index in [0.29, 0.717) is 63.0 Å². The smallest absolute Gasteiger partial charge is 0.319 e. The van der Waals surface area contributed by atoms with Crippen molar-refractivity contribution in [2.45, 2.75) is 45.3 Å². The van der Waals surface area contributed by atoms with E-state index in [0.717, 1.165) is 11.1 Å². The highest BCUT2D eigenvalue weighted by Crippen LogP contribution is 2.33. The second-order valence-corrected chi connectivity index (χ2v) is 9.77. The van der Waals surface area contributed by atoms with E-state index in [4.69, 9.17) is 14.2 Å². The lowest BCUT2D eigenvalue weighted by atomic mass is 9.94. The quantitative estimate of drug-likeness (QED) is 0.532. The van der Waals surface area contributed by atoms with Gasteiger partial charge in [0.2, 0.25) is 5.88 Å². The van der Waals surface area contributed by atoms with Crippen molar-refractivity contribution in [2.75, 3.05) is 56.3 Å². The van der Waals surface area contributed by atoms with Crippen LogP contribution in [0.1, 0.15) is 32.3 Å². The SMILES string of the molecule is Cc1cc(F)c(NC(=O)NC2CCOC(C)(C)C2)cc1-c1cc(OCCO)nc(N2CCOCC2)c1. The van der Waals surface area contributed by atoms with E-state index in [9.17, 15) is 14.3 Å². The number of hydrogen-bond donors (Lipinski definition) is 3. The zero-order chi connectivity index (χ0) is 25.7. The third-order valence-electron chi connectivity index (χ3n) is 6.37. The molecule has 3 N–H and O–H groups in total. The summed E-state index contributed by atoms with van der Waals surface area (Å²) in [6, 6.07) is 6.21. The summed E-state index contributed by atoms with van der Waals surface area (Å²) >= 11 is 0. The monoisotopic (exact) mass is 502 g/mol. The van der Waals surface area contributed by atoms with Crippen LogP contribution in [0, 0.1) is 12.7 Å². The largest absolute Gasteiger partial charge is 0.475 e. The molecule has 1 unspecified atom stereocenters. The van der Waals surface area contributed by atoms with Crippen LogP contribution in [-0.4, -0.2) is 73.9 Å². The minimum Gasteiger partial charge on any atom is -0.475 e. The highest BCUT2D eigenvalue weighted by molar-refractivity contribution is 5.91. The molecule has 2 aromatic rings. The number of rotatable bonds is 7. The summed E-state index contributed by atoms with van der Waals surface area (Å²) in [5, 5.41) is 14.8. The Balaban J connectivity index is 1.59. The molecule has 9 nitrogen and oxygen atoms in total. The van der Waals surface area contributed by atoms with Gasteiger partial charge in [-0.1, -0.05) is 0 Å². The van der Waals surface area contributed by atoms with Crippen LogP contribution in [0.15, 0.2) is 24.3 Å². The molecule has 2 amide bonds. The van der Waals surface area contributed by atoms with Crippen molar-refractivity contribution in [2.24, 2.45) is 0 Å². The van der Waals surface area contributed by atoms with Crippen molar-refractivity contribution in [3.63, 3.8) is 0 Å². The first-order valence-electron chi connectivity index (χ1n) is 12.3. The maximum absolute atomic E-state index is 14.9. The molecule has 0 saturated carbocycles. The van der Waals surface area contributed by atoms with Crippen LogP contribution in [0.25, 0.3) is 11.1 Å². The topological polar surface area (TPSA) is 105 Å². The summed E-state index contributed by atoms with van der Waals surface area (Å²) in [6.07, 6.45) is 1.39. The Labute approximate surface area is 210 Å². The molecular weight excluding hydrogens is 467 g/mol. The number of aliphatic hydroxyl groups excluding tert-OH is 1. The summed E-state index contributed by atoms with van der Waals surface area (Å²) in [7, 11) is 0. The first-order valence-corrected chi connectivity index (χ1v) is 12.3. The molecule has 3 heterocycles. The van der Waals surface area contributed by atoms with Gasteiger partial charge in [0, 0.05) is 31.8 Å². The van der Waals surface area contributed by atoms with E-state index < -0.39 is 11.8 Å². The normalized spacial score (nSPS) is 19.6. The van der Waals surface area contributed by atoms with Gasteiger partial charge in [0.15, 0.2) is 0 Å².